The molecular formula is C20H25Cl2N3O5. The lowest BCUT2D eigenvalue weighted by molar-refractivity contribution is -0.148. The molecule has 10 heteroatoms. The van der Waals surface area contributed by atoms with Gasteiger partial charge in [0.25, 0.3) is 0 Å². The van der Waals surface area contributed by atoms with Crippen LogP contribution in [0.5, 0.6) is 0 Å². The largest absolute Gasteiger partial charge is 0.481 e. The summed E-state index contributed by atoms with van der Waals surface area (Å²) in [5.74, 6) is -2.67. The molecule has 0 bridgehead atoms. The van der Waals surface area contributed by atoms with Crippen molar-refractivity contribution in [2.24, 2.45) is 0 Å². The molecule has 0 aliphatic heterocycles. The number of carboxylic acids is 1. The number of hydrogen-bond acceptors (Lipinski definition) is 5. The van der Waals surface area contributed by atoms with E-state index in [0.29, 0.717) is 27.5 Å². The van der Waals surface area contributed by atoms with Gasteiger partial charge in [-0.15, -0.1) is 0 Å². The third kappa shape index (κ3) is 6.34. The number of imidazole rings is 1. The van der Waals surface area contributed by atoms with Crippen molar-refractivity contribution in [3.05, 3.63) is 28.0 Å². The van der Waals surface area contributed by atoms with E-state index in [-0.39, 0.29) is 25.3 Å². The van der Waals surface area contributed by atoms with Gasteiger partial charge in [0.1, 0.15) is 11.9 Å². The van der Waals surface area contributed by atoms with Gasteiger partial charge in [-0.1, -0.05) is 43.0 Å². The van der Waals surface area contributed by atoms with Crippen molar-refractivity contribution < 1.29 is 24.2 Å². The molecule has 1 unspecified atom stereocenters. The lowest BCUT2D eigenvalue weighted by Gasteiger charge is -2.20. The summed E-state index contributed by atoms with van der Waals surface area (Å²) < 4.78 is 5.06. The van der Waals surface area contributed by atoms with Crippen molar-refractivity contribution in [3.8, 4) is 0 Å². The molecule has 8 nitrogen and oxygen atoms in total. The Labute approximate surface area is 184 Å². The van der Waals surface area contributed by atoms with Crippen molar-refractivity contribution in [1.82, 2.24) is 15.3 Å². The number of fused-ring (bicyclic) bond motifs is 1. The van der Waals surface area contributed by atoms with Crippen LogP contribution in [-0.4, -0.2) is 45.6 Å². The highest BCUT2D eigenvalue weighted by atomic mass is 35.5. The second kappa shape index (κ2) is 11.2. The Hall–Kier alpha value is -2.32. The zero-order chi connectivity index (χ0) is 22.3. The zero-order valence-electron chi connectivity index (χ0n) is 16.8. The maximum Gasteiger partial charge on any atom is 0.328 e. The lowest BCUT2D eigenvalue weighted by atomic mass is 10.00. The first-order valence-corrected chi connectivity index (χ1v) is 10.6. The number of H-pyrrole nitrogens is 1. The highest BCUT2D eigenvalue weighted by Crippen LogP contribution is 2.29. The summed E-state index contributed by atoms with van der Waals surface area (Å²) in [5, 5.41) is 12.4. The molecule has 0 saturated heterocycles. The first kappa shape index (κ1) is 24.0. The van der Waals surface area contributed by atoms with Crippen LogP contribution in [0.25, 0.3) is 11.0 Å². The number of nitrogens with one attached hydrogen (secondary N) is 2. The summed E-state index contributed by atoms with van der Waals surface area (Å²) in [4.78, 5) is 43.8. The normalized spacial score (nSPS) is 13.1. The molecule has 0 saturated carbocycles. The molecule has 0 aliphatic rings. The van der Waals surface area contributed by atoms with Gasteiger partial charge in [-0.3, -0.25) is 9.59 Å². The number of benzene rings is 1. The second-order valence-electron chi connectivity index (χ2n) is 6.85. The number of esters is 1. The summed E-state index contributed by atoms with van der Waals surface area (Å²) in [6.07, 6.45) is 1.77. The Morgan fingerprint density at radius 3 is 2.53 bits per heavy atom. The van der Waals surface area contributed by atoms with E-state index in [2.05, 4.69) is 15.3 Å². The van der Waals surface area contributed by atoms with Crippen LogP contribution in [0.3, 0.4) is 0 Å². The zero-order valence-corrected chi connectivity index (χ0v) is 18.3. The fourth-order valence-electron chi connectivity index (χ4n) is 3.02. The summed E-state index contributed by atoms with van der Waals surface area (Å²) in [7, 11) is 0. The van der Waals surface area contributed by atoms with E-state index in [1.165, 1.54) is 0 Å². The highest BCUT2D eigenvalue weighted by Gasteiger charge is 2.29. The van der Waals surface area contributed by atoms with Gasteiger partial charge >= 0.3 is 11.9 Å². The lowest BCUT2D eigenvalue weighted by Crippen LogP contribution is -2.44. The maximum absolute atomic E-state index is 13.0. The molecule has 1 amide bonds. The molecule has 0 fully saturated rings. The number of nitrogens with zero attached hydrogens (tertiary/aromatic N) is 1. The summed E-state index contributed by atoms with van der Waals surface area (Å²) >= 11 is 12.1. The molecule has 1 aromatic heterocycles. The van der Waals surface area contributed by atoms with Crippen molar-refractivity contribution >= 4 is 52.1 Å². The first-order valence-electron chi connectivity index (χ1n) is 9.80. The number of hydrogen-bond donors (Lipinski definition) is 3. The minimum atomic E-state index is -1.04. The van der Waals surface area contributed by atoms with Gasteiger partial charge in [0, 0.05) is 6.42 Å². The molecule has 0 aliphatic carbocycles. The average Bonchev–Trinajstić information content (AvgIpc) is 3.07. The maximum atomic E-state index is 13.0. The van der Waals surface area contributed by atoms with Crippen molar-refractivity contribution in [2.75, 3.05) is 6.61 Å². The van der Waals surface area contributed by atoms with E-state index < -0.39 is 29.8 Å². The molecule has 2 atom stereocenters. The van der Waals surface area contributed by atoms with E-state index in [1.54, 1.807) is 19.1 Å². The Kier molecular flexibility index (Phi) is 8.92. The smallest absolute Gasteiger partial charge is 0.328 e. The number of aliphatic carboxylic acids is 1. The number of unbranched alkanes of at least 4 members (excludes halogenated alkanes) is 1. The predicted molar refractivity (Wildman–Crippen MR) is 114 cm³/mol. The molecule has 1 aromatic carbocycles. The fraction of sp³-hybridized carbons (Fsp3) is 0.500. The van der Waals surface area contributed by atoms with Gasteiger partial charge in [0.2, 0.25) is 5.91 Å². The fourth-order valence-corrected chi connectivity index (χ4v) is 3.34. The Morgan fingerprint density at radius 2 is 1.90 bits per heavy atom. The number of rotatable bonds is 11. The van der Waals surface area contributed by atoms with E-state index in [1.807, 2.05) is 6.92 Å². The predicted octanol–water partition coefficient (Wildman–Crippen LogP) is 4.06. The number of carboxylic acid groups (broad SMARTS) is 1. The van der Waals surface area contributed by atoms with E-state index in [0.717, 1.165) is 12.8 Å². The highest BCUT2D eigenvalue weighted by molar-refractivity contribution is 6.42. The third-order valence-electron chi connectivity index (χ3n) is 4.57. The molecule has 2 rings (SSSR count). The van der Waals surface area contributed by atoms with Crippen LogP contribution in [-0.2, 0) is 19.1 Å². The van der Waals surface area contributed by atoms with Gasteiger partial charge in [-0.2, -0.15) is 0 Å². The quantitative estimate of drug-likeness (QED) is 0.437. The molecular weight excluding hydrogens is 433 g/mol. The minimum absolute atomic E-state index is 0.00573. The van der Waals surface area contributed by atoms with Crippen LogP contribution in [0, 0.1) is 0 Å². The average molecular weight is 458 g/mol. The number of amides is 1. The second-order valence-corrected chi connectivity index (χ2v) is 7.66. The number of aromatic nitrogens is 2. The number of carbonyl (C=O) groups is 3. The summed E-state index contributed by atoms with van der Waals surface area (Å²) in [6, 6.07) is 2.34. The molecule has 1 heterocycles. The molecule has 0 radical (unpaired) electrons. The van der Waals surface area contributed by atoms with Crippen molar-refractivity contribution in [3.63, 3.8) is 0 Å². The minimum Gasteiger partial charge on any atom is -0.481 e. The van der Waals surface area contributed by atoms with Crippen LogP contribution < -0.4 is 5.32 Å². The Morgan fingerprint density at radius 1 is 1.20 bits per heavy atom. The Balaban J connectivity index is 2.31. The molecule has 0 spiro atoms. The monoisotopic (exact) mass is 457 g/mol. The number of halogens is 2. The standard InChI is InChI=1S/C20H25Cl2N3O5/c1-3-5-6-14(20(29)30-4-2)25-19(28)11(7-8-17(26)27)18-23-15-9-12(21)13(22)10-16(15)24-18/h9-11,14H,3-8H2,1-2H3,(H,23,24)(H,25,28)(H,26,27)/t11?,14-/m1/s1. The first-order chi connectivity index (χ1) is 14.3. The van der Waals surface area contributed by atoms with Crippen LogP contribution in [0.4, 0.5) is 0 Å². The molecule has 164 valence electrons. The van der Waals surface area contributed by atoms with Gasteiger partial charge in [0.05, 0.1) is 33.6 Å². The van der Waals surface area contributed by atoms with Gasteiger partial charge in [-0.05, 0) is 31.9 Å². The third-order valence-corrected chi connectivity index (χ3v) is 5.29. The van der Waals surface area contributed by atoms with Crippen molar-refractivity contribution in [1.29, 1.82) is 0 Å². The van der Waals surface area contributed by atoms with E-state index in [9.17, 15) is 14.4 Å². The van der Waals surface area contributed by atoms with Gasteiger partial charge in [-0.25, -0.2) is 9.78 Å². The van der Waals surface area contributed by atoms with Crippen LogP contribution in [0.2, 0.25) is 10.0 Å². The molecule has 3 N–H and O–H groups in total. The van der Waals surface area contributed by atoms with E-state index >= 15 is 0 Å². The Bertz CT molecular complexity index is 876. The van der Waals surface area contributed by atoms with Gasteiger partial charge < -0.3 is 20.1 Å². The summed E-state index contributed by atoms with van der Waals surface area (Å²) in [5.41, 5.74) is 1.07. The number of ether oxygens (including phenoxy) is 1. The van der Waals surface area contributed by atoms with E-state index in [4.69, 9.17) is 33.0 Å². The van der Waals surface area contributed by atoms with Crippen LogP contribution in [0.1, 0.15) is 57.7 Å². The number of aromatic amines is 1. The molecule has 30 heavy (non-hydrogen) atoms. The molecule has 2 aromatic rings. The van der Waals surface area contributed by atoms with Crippen molar-refractivity contribution in [2.45, 2.75) is 57.9 Å². The number of carbonyl (C=O) groups excluding carboxylic acids is 2. The topological polar surface area (TPSA) is 121 Å². The SMILES string of the molecule is CCCC[C@@H](NC(=O)C(CCC(=O)O)c1nc2cc(Cl)c(Cl)cc2[nH]1)C(=O)OCC. The van der Waals surface area contributed by atoms with Gasteiger partial charge in [0.15, 0.2) is 0 Å². The van der Waals surface area contributed by atoms with Crippen LogP contribution >= 0.6 is 23.2 Å². The van der Waals surface area contributed by atoms with Crippen LogP contribution in [0.15, 0.2) is 12.1 Å². The summed E-state index contributed by atoms with van der Waals surface area (Å²) in [6.45, 7) is 3.87.